The molecule has 1 unspecified atom stereocenters. The van der Waals surface area contributed by atoms with Gasteiger partial charge >= 0.3 is 5.97 Å². The van der Waals surface area contributed by atoms with Crippen LogP contribution in [-0.2, 0) is 30.5 Å². The van der Waals surface area contributed by atoms with Gasteiger partial charge in [-0.25, -0.2) is 4.98 Å². The monoisotopic (exact) mass is 287 g/mol. The Labute approximate surface area is 122 Å². The average molecular weight is 287 g/mol. The number of nitrogens with zero attached hydrogens (tertiary/aromatic N) is 1. The van der Waals surface area contributed by atoms with E-state index in [1.165, 1.54) is 10.4 Å². The van der Waals surface area contributed by atoms with Crippen molar-refractivity contribution in [2.24, 2.45) is 5.92 Å². The van der Waals surface area contributed by atoms with Crippen molar-refractivity contribution >= 4 is 17.3 Å². The lowest BCUT2D eigenvalue weighted by Crippen LogP contribution is -2.21. The first kappa shape index (κ1) is 13.3. The van der Waals surface area contributed by atoms with E-state index in [-0.39, 0.29) is 5.92 Å². The van der Waals surface area contributed by atoms with Crippen molar-refractivity contribution < 1.29 is 9.90 Å². The number of aliphatic carboxylic acids is 1. The highest BCUT2D eigenvalue weighted by atomic mass is 32.1. The van der Waals surface area contributed by atoms with Gasteiger partial charge < -0.3 is 5.11 Å². The van der Waals surface area contributed by atoms with Gasteiger partial charge in [0.2, 0.25) is 0 Å². The molecule has 0 fully saturated rings. The van der Waals surface area contributed by atoms with Gasteiger partial charge in [0.15, 0.2) is 0 Å². The van der Waals surface area contributed by atoms with E-state index in [9.17, 15) is 4.79 Å². The van der Waals surface area contributed by atoms with Crippen molar-refractivity contribution in [3.05, 3.63) is 51.5 Å². The molecule has 4 heteroatoms. The highest BCUT2D eigenvalue weighted by Gasteiger charge is 2.26. The van der Waals surface area contributed by atoms with E-state index in [1.807, 2.05) is 6.07 Å². The maximum Gasteiger partial charge on any atom is 0.306 e. The van der Waals surface area contributed by atoms with Gasteiger partial charge in [-0.05, 0) is 31.2 Å². The van der Waals surface area contributed by atoms with E-state index in [0.717, 1.165) is 36.4 Å². The van der Waals surface area contributed by atoms with Crippen LogP contribution in [0.15, 0.2) is 30.3 Å². The number of carbonyl (C=O) groups is 1. The first-order valence-corrected chi connectivity index (χ1v) is 7.78. The van der Waals surface area contributed by atoms with Crippen LogP contribution in [0, 0.1) is 5.92 Å². The third-order valence-electron chi connectivity index (χ3n) is 3.80. The van der Waals surface area contributed by atoms with Crippen LogP contribution >= 0.6 is 11.3 Å². The fourth-order valence-corrected chi connectivity index (χ4v) is 3.84. The van der Waals surface area contributed by atoms with Crippen LogP contribution in [0.4, 0.5) is 0 Å². The Bertz CT molecular complexity index is 606. The normalized spacial score (nSPS) is 17.7. The summed E-state index contributed by atoms with van der Waals surface area (Å²) >= 11 is 1.70. The number of carboxylic acids is 1. The summed E-state index contributed by atoms with van der Waals surface area (Å²) in [7, 11) is 0. The Kier molecular flexibility index (Phi) is 3.83. The van der Waals surface area contributed by atoms with Crippen molar-refractivity contribution in [2.45, 2.75) is 32.1 Å². The van der Waals surface area contributed by atoms with Crippen molar-refractivity contribution in [2.75, 3.05) is 0 Å². The lowest BCUT2D eigenvalue weighted by atomic mass is 9.91. The molecule has 0 radical (unpaired) electrons. The van der Waals surface area contributed by atoms with Gasteiger partial charge in [0.25, 0.3) is 0 Å². The van der Waals surface area contributed by atoms with Crippen LogP contribution < -0.4 is 0 Å². The van der Waals surface area contributed by atoms with Gasteiger partial charge in [0.05, 0.1) is 16.6 Å². The van der Waals surface area contributed by atoms with Gasteiger partial charge in [0.1, 0.15) is 0 Å². The zero-order valence-electron chi connectivity index (χ0n) is 11.2. The summed E-state index contributed by atoms with van der Waals surface area (Å²) in [5.74, 6) is -0.889. The Morgan fingerprint density at radius 3 is 2.85 bits per heavy atom. The fourth-order valence-electron chi connectivity index (χ4n) is 2.64. The Morgan fingerprint density at radius 1 is 1.30 bits per heavy atom. The van der Waals surface area contributed by atoms with Crippen molar-refractivity contribution in [1.29, 1.82) is 0 Å². The van der Waals surface area contributed by atoms with Gasteiger partial charge in [-0.1, -0.05) is 30.3 Å². The molecule has 20 heavy (non-hydrogen) atoms. The van der Waals surface area contributed by atoms with E-state index in [4.69, 9.17) is 5.11 Å². The SMILES string of the molecule is O=C(O)C1CCc2nc(CCc3ccccc3)sc2C1. The summed E-state index contributed by atoms with van der Waals surface area (Å²) in [6.07, 6.45) is 4.14. The lowest BCUT2D eigenvalue weighted by Gasteiger charge is -2.16. The second kappa shape index (κ2) is 5.75. The summed E-state index contributed by atoms with van der Waals surface area (Å²) in [4.78, 5) is 16.9. The second-order valence-corrected chi connectivity index (χ2v) is 6.41. The number of carboxylic acid groups (broad SMARTS) is 1. The molecule has 1 aromatic carbocycles. The quantitative estimate of drug-likeness (QED) is 0.940. The maximum atomic E-state index is 11.1. The number of benzene rings is 1. The molecule has 0 bridgehead atoms. The highest BCUT2D eigenvalue weighted by Crippen LogP contribution is 2.30. The van der Waals surface area contributed by atoms with Gasteiger partial charge in [0, 0.05) is 11.3 Å². The smallest absolute Gasteiger partial charge is 0.306 e. The molecule has 104 valence electrons. The first-order chi connectivity index (χ1) is 9.72. The van der Waals surface area contributed by atoms with E-state index in [0.29, 0.717) is 6.42 Å². The molecule has 1 atom stereocenters. The minimum atomic E-state index is -0.671. The van der Waals surface area contributed by atoms with Crippen molar-refractivity contribution in [1.82, 2.24) is 4.98 Å². The number of thiazole rings is 1. The number of aryl methyl sites for hydroxylation is 3. The fraction of sp³-hybridized carbons (Fsp3) is 0.375. The number of aromatic nitrogens is 1. The number of rotatable bonds is 4. The summed E-state index contributed by atoms with van der Waals surface area (Å²) in [5, 5.41) is 10.3. The van der Waals surface area contributed by atoms with E-state index >= 15 is 0 Å². The predicted octanol–water partition coefficient (Wildman–Crippen LogP) is 3.12. The maximum absolute atomic E-state index is 11.1. The topological polar surface area (TPSA) is 50.2 Å². The number of fused-ring (bicyclic) bond motifs is 1. The molecule has 1 aliphatic carbocycles. The minimum Gasteiger partial charge on any atom is -0.481 e. The molecule has 3 nitrogen and oxygen atoms in total. The molecule has 0 spiro atoms. The van der Waals surface area contributed by atoms with Gasteiger partial charge in [-0.15, -0.1) is 11.3 Å². The molecule has 0 amide bonds. The Hall–Kier alpha value is -1.68. The molecule has 2 aromatic rings. The third-order valence-corrected chi connectivity index (χ3v) is 4.98. The zero-order valence-corrected chi connectivity index (χ0v) is 12.0. The van der Waals surface area contributed by atoms with Crippen molar-refractivity contribution in [3.8, 4) is 0 Å². The summed E-state index contributed by atoms with van der Waals surface area (Å²) in [5.41, 5.74) is 2.46. The molecule has 1 aliphatic rings. The van der Waals surface area contributed by atoms with Crippen LogP contribution in [0.2, 0.25) is 0 Å². The molecule has 1 aromatic heterocycles. The molecular weight excluding hydrogens is 270 g/mol. The van der Waals surface area contributed by atoms with E-state index in [1.54, 1.807) is 11.3 Å². The highest BCUT2D eigenvalue weighted by molar-refractivity contribution is 7.11. The van der Waals surface area contributed by atoms with Crippen LogP contribution in [0.3, 0.4) is 0 Å². The molecule has 1 N–H and O–H groups in total. The third kappa shape index (κ3) is 2.90. The predicted molar refractivity (Wildman–Crippen MR) is 79.1 cm³/mol. The largest absolute Gasteiger partial charge is 0.481 e. The van der Waals surface area contributed by atoms with E-state index < -0.39 is 5.97 Å². The van der Waals surface area contributed by atoms with Gasteiger partial charge in [-0.3, -0.25) is 4.79 Å². The van der Waals surface area contributed by atoms with Crippen LogP contribution in [0.25, 0.3) is 0 Å². The minimum absolute atomic E-state index is 0.218. The summed E-state index contributed by atoms with van der Waals surface area (Å²) in [6, 6.07) is 10.4. The molecule has 0 saturated heterocycles. The first-order valence-electron chi connectivity index (χ1n) is 6.96. The van der Waals surface area contributed by atoms with Gasteiger partial charge in [-0.2, -0.15) is 0 Å². The standard InChI is InChI=1S/C16H17NO2S/c18-16(19)12-7-8-13-14(10-12)20-15(17-13)9-6-11-4-2-1-3-5-11/h1-5,12H,6-10H2,(H,18,19). The van der Waals surface area contributed by atoms with E-state index in [2.05, 4.69) is 29.2 Å². The molecule has 3 rings (SSSR count). The molecule has 0 saturated carbocycles. The Morgan fingerprint density at radius 2 is 2.10 bits per heavy atom. The molecule has 0 aliphatic heterocycles. The van der Waals surface area contributed by atoms with Crippen LogP contribution in [-0.4, -0.2) is 16.1 Å². The zero-order chi connectivity index (χ0) is 13.9. The van der Waals surface area contributed by atoms with Crippen LogP contribution in [0.5, 0.6) is 0 Å². The Balaban J connectivity index is 1.67. The number of hydrogen-bond donors (Lipinski definition) is 1. The molecule has 1 heterocycles. The average Bonchev–Trinajstić information content (AvgIpc) is 2.88. The lowest BCUT2D eigenvalue weighted by molar-refractivity contribution is -0.142. The van der Waals surface area contributed by atoms with Crippen LogP contribution in [0.1, 0.15) is 27.6 Å². The van der Waals surface area contributed by atoms with Crippen molar-refractivity contribution in [3.63, 3.8) is 0 Å². The summed E-state index contributed by atoms with van der Waals surface area (Å²) < 4.78 is 0. The summed E-state index contributed by atoms with van der Waals surface area (Å²) in [6.45, 7) is 0. The number of hydrogen-bond acceptors (Lipinski definition) is 3. The second-order valence-electron chi connectivity index (χ2n) is 5.24. The molecular formula is C16H17NO2S.